The van der Waals surface area contributed by atoms with E-state index in [1.807, 2.05) is 13.0 Å². The number of carbonyl (C=O) groups excluding carboxylic acids is 1. The van der Waals surface area contributed by atoms with E-state index in [-0.39, 0.29) is 17.4 Å². The van der Waals surface area contributed by atoms with Crippen LogP contribution in [-0.2, 0) is 6.42 Å². The number of amides is 1. The topological polar surface area (TPSA) is 78.8 Å². The first kappa shape index (κ1) is 15.7. The summed E-state index contributed by atoms with van der Waals surface area (Å²) in [5, 5.41) is 21.5. The lowest BCUT2D eigenvalue weighted by Crippen LogP contribution is -2.26. The van der Waals surface area contributed by atoms with Crippen LogP contribution in [0.1, 0.15) is 22.8 Å². The van der Waals surface area contributed by atoms with Crippen LogP contribution in [0.5, 0.6) is 17.2 Å². The second kappa shape index (κ2) is 7.36. The number of phenolic OH excluding ortho intramolecular Hbond substituents is 2. The van der Waals surface area contributed by atoms with Crippen LogP contribution in [0.25, 0.3) is 0 Å². The summed E-state index contributed by atoms with van der Waals surface area (Å²) >= 11 is 0. The molecule has 0 radical (unpaired) electrons. The molecule has 2 rings (SSSR count). The van der Waals surface area contributed by atoms with Gasteiger partial charge in [-0.25, -0.2) is 0 Å². The van der Waals surface area contributed by atoms with E-state index < -0.39 is 0 Å². The van der Waals surface area contributed by atoms with Gasteiger partial charge in [0.15, 0.2) is 11.5 Å². The maximum atomic E-state index is 12.2. The molecule has 0 bridgehead atoms. The molecule has 116 valence electrons. The maximum absolute atomic E-state index is 12.2. The molecule has 22 heavy (non-hydrogen) atoms. The zero-order valence-corrected chi connectivity index (χ0v) is 12.4. The van der Waals surface area contributed by atoms with E-state index >= 15 is 0 Å². The molecule has 5 heteroatoms. The third kappa shape index (κ3) is 3.91. The van der Waals surface area contributed by atoms with Gasteiger partial charge in [0.1, 0.15) is 5.75 Å². The minimum absolute atomic E-state index is 0.154. The van der Waals surface area contributed by atoms with Crippen LogP contribution in [0.2, 0.25) is 0 Å². The molecule has 0 heterocycles. The number of nitrogens with one attached hydrogen (secondary N) is 1. The molecule has 3 N–H and O–H groups in total. The highest BCUT2D eigenvalue weighted by Crippen LogP contribution is 2.25. The Bertz CT molecular complexity index is 655. The summed E-state index contributed by atoms with van der Waals surface area (Å²) in [5.41, 5.74) is 1.33. The molecule has 0 aliphatic heterocycles. The number of hydrogen-bond acceptors (Lipinski definition) is 4. The standard InChI is InChI=1S/C17H19NO4/c1-2-22-16-6-4-3-5-13(16)17(21)18-10-9-12-7-8-14(19)15(20)11-12/h3-8,11,19-20H,2,9-10H2,1H3,(H,18,21). The normalized spacial score (nSPS) is 10.2. The number of para-hydroxylation sites is 1. The van der Waals surface area contributed by atoms with E-state index in [2.05, 4.69) is 5.32 Å². The Kier molecular flexibility index (Phi) is 5.25. The van der Waals surface area contributed by atoms with E-state index in [0.29, 0.717) is 30.9 Å². The fourth-order valence-corrected chi connectivity index (χ4v) is 2.08. The van der Waals surface area contributed by atoms with Crippen molar-refractivity contribution in [3.63, 3.8) is 0 Å². The van der Waals surface area contributed by atoms with Crippen molar-refractivity contribution >= 4 is 5.91 Å². The van der Waals surface area contributed by atoms with Gasteiger partial charge in [0.05, 0.1) is 12.2 Å². The van der Waals surface area contributed by atoms with Gasteiger partial charge in [0, 0.05) is 6.54 Å². The Morgan fingerprint density at radius 1 is 1.14 bits per heavy atom. The van der Waals surface area contributed by atoms with Gasteiger partial charge in [-0.05, 0) is 43.2 Å². The molecule has 5 nitrogen and oxygen atoms in total. The number of phenols is 2. The van der Waals surface area contributed by atoms with Crippen LogP contribution in [-0.4, -0.2) is 29.3 Å². The molecule has 1 amide bonds. The van der Waals surface area contributed by atoms with Gasteiger partial charge >= 0.3 is 0 Å². The average Bonchev–Trinajstić information content (AvgIpc) is 2.51. The Morgan fingerprint density at radius 3 is 2.64 bits per heavy atom. The van der Waals surface area contributed by atoms with Crippen molar-refractivity contribution in [2.24, 2.45) is 0 Å². The van der Waals surface area contributed by atoms with E-state index in [1.54, 1.807) is 24.3 Å². The zero-order valence-electron chi connectivity index (χ0n) is 12.4. The third-order valence-electron chi connectivity index (χ3n) is 3.17. The highest BCUT2D eigenvalue weighted by molar-refractivity contribution is 5.96. The summed E-state index contributed by atoms with van der Waals surface area (Å²) in [6.45, 7) is 2.78. The van der Waals surface area contributed by atoms with Crippen LogP contribution in [0.15, 0.2) is 42.5 Å². The molecule has 2 aromatic rings. The molecule has 0 aliphatic rings. The van der Waals surface area contributed by atoms with Gasteiger partial charge < -0.3 is 20.3 Å². The smallest absolute Gasteiger partial charge is 0.255 e. The van der Waals surface area contributed by atoms with Gasteiger partial charge in [-0.3, -0.25) is 4.79 Å². The largest absolute Gasteiger partial charge is 0.504 e. The fraction of sp³-hybridized carbons (Fsp3) is 0.235. The SMILES string of the molecule is CCOc1ccccc1C(=O)NCCc1ccc(O)c(O)c1. The van der Waals surface area contributed by atoms with Crippen LogP contribution in [0, 0.1) is 0 Å². The molecule has 0 saturated carbocycles. The molecule has 0 saturated heterocycles. The lowest BCUT2D eigenvalue weighted by Gasteiger charge is -2.10. The Labute approximate surface area is 129 Å². The van der Waals surface area contributed by atoms with Crippen molar-refractivity contribution < 1.29 is 19.7 Å². The van der Waals surface area contributed by atoms with Gasteiger partial charge in [0.25, 0.3) is 5.91 Å². The Hall–Kier alpha value is -2.69. The lowest BCUT2D eigenvalue weighted by molar-refractivity contribution is 0.0950. The number of ether oxygens (including phenoxy) is 1. The number of aromatic hydroxyl groups is 2. The number of rotatable bonds is 6. The summed E-state index contributed by atoms with van der Waals surface area (Å²) in [7, 11) is 0. The summed E-state index contributed by atoms with van der Waals surface area (Å²) in [4.78, 5) is 12.2. The Balaban J connectivity index is 1.94. The van der Waals surface area contributed by atoms with Crippen LogP contribution >= 0.6 is 0 Å². The van der Waals surface area contributed by atoms with Crippen molar-refractivity contribution in [2.45, 2.75) is 13.3 Å². The molecule has 0 aliphatic carbocycles. The van der Waals surface area contributed by atoms with Gasteiger partial charge in [-0.15, -0.1) is 0 Å². The summed E-state index contributed by atoms with van der Waals surface area (Å²) in [6, 6.07) is 11.7. The van der Waals surface area contributed by atoms with Crippen LogP contribution in [0.4, 0.5) is 0 Å². The summed E-state index contributed by atoms with van der Waals surface area (Å²) in [5.74, 6) is 0.0424. The van der Waals surface area contributed by atoms with Gasteiger partial charge in [-0.1, -0.05) is 18.2 Å². The fourth-order valence-electron chi connectivity index (χ4n) is 2.08. The quantitative estimate of drug-likeness (QED) is 0.716. The van der Waals surface area contributed by atoms with Crippen molar-refractivity contribution in [1.29, 1.82) is 0 Å². The first-order valence-corrected chi connectivity index (χ1v) is 7.12. The molecule has 0 aromatic heterocycles. The molecule has 0 fully saturated rings. The number of benzene rings is 2. The average molecular weight is 301 g/mol. The zero-order chi connectivity index (χ0) is 15.9. The predicted octanol–water partition coefficient (Wildman–Crippen LogP) is 2.47. The molecular weight excluding hydrogens is 282 g/mol. The maximum Gasteiger partial charge on any atom is 0.255 e. The number of hydrogen-bond donors (Lipinski definition) is 3. The lowest BCUT2D eigenvalue weighted by atomic mass is 10.1. The molecule has 0 unspecified atom stereocenters. The molecule has 0 spiro atoms. The third-order valence-corrected chi connectivity index (χ3v) is 3.17. The highest BCUT2D eigenvalue weighted by Gasteiger charge is 2.11. The van der Waals surface area contributed by atoms with E-state index in [0.717, 1.165) is 5.56 Å². The first-order valence-electron chi connectivity index (χ1n) is 7.12. The van der Waals surface area contributed by atoms with Crippen molar-refractivity contribution in [3.8, 4) is 17.2 Å². The van der Waals surface area contributed by atoms with Crippen molar-refractivity contribution in [1.82, 2.24) is 5.32 Å². The van der Waals surface area contributed by atoms with Gasteiger partial charge in [-0.2, -0.15) is 0 Å². The Morgan fingerprint density at radius 2 is 1.91 bits per heavy atom. The highest BCUT2D eigenvalue weighted by atomic mass is 16.5. The second-order valence-electron chi connectivity index (χ2n) is 4.76. The monoisotopic (exact) mass is 301 g/mol. The summed E-state index contributed by atoms with van der Waals surface area (Å²) in [6.07, 6.45) is 0.552. The van der Waals surface area contributed by atoms with Crippen LogP contribution in [0.3, 0.4) is 0 Å². The molecule has 2 aromatic carbocycles. The van der Waals surface area contributed by atoms with E-state index in [1.165, 1.54) is 12.1 Å². The van der Waals surface area contributed by atoms with Gasteiger partial charge in [0.2, 0.25) is 0 Å². The summed E-state index contributed by atoms with van der Waals surface area (Å²) < 4.78 is 5.43. The minimum Gasteiger partial charge on any atom is -0.504 e. The minimum atomic E-state index is -0.202. The van der Waals surface area contributed by atoms with E-state index in [9.17, 15) is 15.0 Å². The number of carbonyl (C=O) groups is 1. The molecule has 0 atom stereocenters. The van der Waals surface area contributed by atoms with Crippen molar-refractivity contribution in [3.05, 3.63) is 53.6 Å². The predicted molar refractivity (Wildman–Crippen MR) is 83.4 cm³/mol. The van der Waals surface area contributed by atoms with E-state index in [4.69, 9.17) is 4.74 Å². The molecular formula is C17H19NO4. The first-order chi connectivity index (χ1) is 10.6. The van der Waals surface area contributed by atoms with Crippen LogP contribution < -0.4 is 10.1 Å². The second-order valence-corrected chi connectivity index (χ2v) is 4.76. The van der Waals surface area contributed by atoms with Crippen molar-refractivity contribution in [2.75, 3.05) is 13.2 Å².